The van der Waals surface area contributed by atoms with Crippen molar-refractivity contribution in [3.63, 3.8) is 0 Å². The van der Waals surface area contributed by atoms with E-state index in [1.165, 1.54) is 0 Å². The summed E-state index contributed by atoms with van der Waals surface area (Å²) in [5, 5.41) is 19.5. The summed E-state index contributed by atoms with van der Waals surface area (Å²) in [7, 11) is 1.60. The molecule has 1 aromatic carbocycles. The van der Waals surface area contributed by atoms with E-state index in [1.807, 2.05) is 38.1 Å². The zero-order valence-electron chi connectivity index (χ0n) is 16.7. The Kier molecular flexibility index (Phi) is 9.47. The highest BCUT2D eigenvalue weighted by atomic mass is 127. The summed E-state index contributed by atoms with van der Waals surface area (Å²) in [5.74, 6) is 1.70. The number of halogens is 1. The molecule has 4 N–H and O–H groups in total. The SMILES string of the molecule is CCNC(=NCc1cccc(C(=O)NC)c1)NCC(C)(O)c1ccc(C)o1.I. The van der Waals surface area contributed by atoms with Crippen molar-refractivity contribution in [1.29, 1.82) is 0 Å². The number of hydrogen-bond donors (Lipinski definition) is 4. The molecule has 7 nitrogen and oxygen atoms in total. The van der Waals surface area contributed by atoms with Crippen LogP contribution in [0.15, 0.2) is 45.8 Å². The smallest absolute Gasteiger partial charge is 0.251 e. The van der Waals surface area contributed by atoms with Gasteiger partial charge in [-0.1, -0.05) is 12.1 Å². The third-order valence-corrected chi connectivity index (χ3v) is 4.05. The number of nitrogens with zero attached hydrogens (tertiary/aromatic N) is 1. The molecule has 0 aliphatic carbocycles. The van der Waals surface area contributed by atoms with Crippen molar-refractivity contribution in [2.75, 3.05) is 20.1 Å². The molecule has 1 heterocycles. The maximum absolute atomic E-state index is 11.7. The topological polar surface area (TPSA) is 98.9 Å². The van der Waals surface area contributed by atoms with Crippen molar-refractivity contribution in [1.82, 2.24) is 16.0 Å². The number of benzene rings is 1. The van der Waals surface area contributed by atoms with Crippen LogP contribution in [0.3, 0.4) is 0 Å². The van der Waals surface area contributed by atoms with E-state index in [1.54, 1.807) is 26.1 Å². The van der Waals surface area contributed by atoms with E-state index >= 15 is 0 Å². The average Bonchev–Trinajstić information content (AvgIpc) is 3.11. The summed E-state index contributed by atoms with van der Waals surface area (Å²) in [4.78, 5) is 16.3. The largest absolute Gasteiger partial charge is 0.463 e. The first-order valence-corrected chi connectivity index (χ1v) is 8.98. The quantitative estimate of drug-likeness (QED) is 0.266. The number of aliphatic hydroxyl groups is 1. The summed E-state index contributed by atoms with van der Waals surface area (Å²) in [5.41, 5.74) is 0.352. The Morgan fingerprint density at radius 3 is 2.61 bits per heavy atom. The van der Waals surface area contributed by atoms with Crippen LogP contribution in [0.4, 0.5) is 0 Å². The van der Waals surface area contributed by atoms with Crippen LogP contribution in [0.2, 0.25) is 0 Å². The van der Waals surface area contributed by atoms with E-state index in [-0.39, 0.29) is 36.4 Å². The summed E-state index contributed by atoms with van der Waals surface area (Å²) in [6.45, 7) is 6.83. The number of rotatable bonds is 7. The lowest BCUT2D eigenvalue weighted by Gasteiger charge is -2.22. The Hall–Kier alpha value is -2.07. The highest BCUT2D eigenvalue weighted by Crippen LogP contribution is 2.21. The molecule has 0 saturated carbocycles. The first-order chi connectivity index (χ1) is 12.9. The molecular formula is C20H29IN4O3. The van der Waals surface area contributed by atoms with Crippen LogP contribution in [-0.2, 0) is 12.1 Å². The molecule has 0 spiro atoms. The van der Waals surface area contributed by atoms with Crippen LogP contribution in [-0.4, -0.2) is 37.1 Å². The van der Waals surface area contributed by atoms with Gasteiger partial charge in [-0.2, -0.15) is 0 Å². The molecule has 1 unspecified atom stereocenters. The van der Waals surface area contributed by atoms with Gasteiger partial charge in [-0.05, 0) is 50.6 Å². The number of carbonyl (C=O) groups is 1. The molecule has 2 rings (SSSR count). The van der Waals surface area contributed by atoms with Gasteiger partial charge in [0.1, 0.15) is 17.1 Å². The zero-order valence-corrected chi connectivity index (χ0v) is 19.0. The third-order valence-electron chi connectivity index (χ3n) is 4.05. The minimum atomic E-state index is -1.16. The molecule has 28 heavy (non-hydrogen) atoms. The molecule has 2 aromatic rings. The van der Waals surface area contributed by atoms with E-state index in [2.05, 4.69) is 20.9 Å². The molecular weight excluding hydrogens is 471 g/mol. The third kappa shape index (κ3) is 6.83. The van der Waals surface area contributed by atoms with Gasteiger partial charge in [0.05, 0.1) is 13.1 Å². The number of hydrogen-bond acceptors (Lipinski definition) is 4. The molecule has 0 aliphatic rings. The number of nitrogens with one attached hydrogen (secondary N) is 3. The fourth-order valence-corrected chi connectivity index (χ4v) is 2.53. The standard InChI is InChI=1S/C20H28N4O3.HI/c1-5-22-19(24-13-20(3,26)17-10-9-14(2)27-17)23-12-15-7-6-8-16(11-15)18(25)21-4;/h6-11,26H,5,12-13H2,1-4H3,(H,21,25)(H2,22,23,24);1H. The molecule has 8 heteroatoms. The Balaban J connectivity index is 0.00000392. The predicted octanol–water partition coefficient (Wildman–Crippen LogP) is 2.53. The molecule has 1 aromatic heterocycles. The number of guanidine groups is 1. The lowest BCUT2D eigenvalue weighted by atomic mass is 10.0. The number of furan rings is 1. The summed E-state index contributed by atoms with van der Waals surface area (Å²) >= 11 is 0. The van der Waals surface area contributed by atoms with Crippen LogP contribution in [0, 0.1) is 6.92 Å². The maximum Gasteiger partial charge on any atom is 0.251 e. The van der Waals surface area contributed by atoms with Crippen LogP contribution in [0.1, 0.15) is 41.3 Å². The second kappa shape index (κ2) is 11.1. The van der Waals surface area contributed by atoms with E-state index in [0.717, 1.165) is 11.3 Å². The van der Waals surface area contributed by atoms with Crippen LogP contribution in [0.25, 0.3) is 0 Å². The van der Waals surface area contributed by atoms with E-state index < -0.39 is 5.60 Å². The second-order valence-corrected chi connectivity index (χ2v) is 6.51. The van der Waals surface area contributed by atoms with Crippen molar-refractivity contribution < 1.29 is 14.3 Å². The Morgan fingerprint density at radius 2 is 2.00 bits per heavy atom. The number of aliphatic imine (C=N–C) groups is 1. The Labute approximate surface area is 183 Å². The lowest BCUT2D eigenvalue weighted by Crippen LogP contribution is -2.44. The molecule has 1 amide bonds. The van der Waals surface area contributed by atoms with Crippen LogP contribution in [0.5, 0.6) is 0 Å². The first-order valence-electron chi connectivity index (χ1n) is 8.98. The van der Waals surface area contributed by atoms with Gasteiger partial charge in [-0.3, -0.25) is 4.79 Å². The lowest BCUT2D eigenvalue weighted by molar-refractivity contribution is 0.0378. The normalized spacial score (nSPS) is 13.2. The first kappa shape index (κ1) is 24.0. The molecule has 1 atom stereocenters. The molecule has 154 valence electrons. The van der Waals surface area contributed by atoms with Gasteiger partial charge in [0.25, 0.3) is 5.91 Å². The summed E-state index contributed by atoms with van der Waals surface area (Å²) in [6.07, 6.45) is 0. The number of amides is 1. The highest BCUT2D eigenvalue weighted by molar-refractivity contribution is 14.0. The minimum absolute atomic E-state index is 0. The predicted molar refractivity (Wildman–Crippen MR) is 121 cm³/mol. The van der Waals surface area contributed by atoms with Gasteiger partial charge < -0.3 is 25.5 Å². The fraction of sp³-hybridized carbons (Fsp3) is 0.400. The van der Waals surface area contributed by atoms with Gasteiger partial charge in [-0.15, -0.1) is 24.0 Å². The Morgan fingerprint density at radius 1 is 1.25 bits per heavy atom. The molecule has 0 radical (unpaired) electrons. The number of carbonyl (C=O) groups excluding carboxylic acids is 1. The van der Waals surface area contributed by atoms with E-state index in [9.17, 15) is 9.90 Å². The molecule has 0 fully saturated rings. The Bertz CT molecular complexity index is 802. The van der Waals surface area contributed by atoms with E-state index in [0.29, 0.717) is 30.4 Å². The zero-order chi connectivity index (χ0) is 19.9. The number of aryl methyl sites for hydroxylation is 1. The van der Waals surface area contributed by atoms with Gasteiger partial charge in [0, 0.05) is 19.2 Å². The average molecular weight is 500 g/mol. The van der Waals surface area contributed by atoms with Gasteiger partial charge in [-0.25, -0.2) is 4.99 Å². The summed E-state index contributed by atoms with van der Waals surface area (Å²) in [6, 6.07) is 10.9. The molecule has 0 bridgehead atoms. The van der Waals surface area contributed by atoms with Crippen molar-refractivity contribution in [3.8, 4) is 0 Å². The highest BCUT2D eigenvalue weighted by Gasteiger charge is 2.27. The summed E-state index contributed by atoms with van der Waals surface area (Å²) < 4.78 is 5.53. The fourth-order valence-electron chi connectivity index (χ4n) is 2.53. The van der Waals surface area contributed by atoms with Crippen LogP contribution >= 0.6 is 24.0 Å². The van der Waals surface area contributed by atoms with Gasteiger partial charge in [0.15, 0.2) is 5.96 Å². The van der Waals surface area contributed by atoms with Gasteiger partial charge >= 0.3 is 0 Å². The van der Waals surface area contributed by atoms with Crippen molar-refractivity contribution in [2.45, 2.75) is 32.9 Å². The van der Waals surface area contributed by atoms with Crippen molar-refractivity contribution in [3.05, 3.63) is 59.0 Å². The van der Waals surface area contributed by atoms with Gasteiger partial charge in [0.2, 0.25) is 0 Å². The molecule has 0 aliphatic heterocycles. The van der Waals surface area contributed by atoms with E-state index in [4.69, 9.17) is 4.42 Å². The van der Waals surface area contributed by atoms with Crippen LogP contribution < -0.4 is 16.0 Å². The maximum atomic E-state index is 11.7. The monoisotopic (exact) mass is 500 g/mol. The molecule has 0 saturated heterocycles. The minimum Gasteiger partial charge on any atom is -0.463 e. The van der Waals surface area contributed by atoms with Crippen molar-refractivity contribution >= 4 is 35.8 Å². The second-order valence-electron chi connectivity index (χ2n) is 6.51. The van der Waals surface area contributed by atoms with Crippen molar-refractivity contribution in [2.24, 2.45) is 4.99 Å².